The molecule has 0 spiro atoms. The monoisotopic (exact) mass is 262 g/mol. The standard InChI is InChI=1S/C13H14N2O2S/c1-11-5-7-13(8-6-11)18(16,17)14-15-9-3-4-12(2)10-15/h3-10H,1-2H3. The molecule has 18 heavy (non-hydrogen) atoms. The molecule has 1 heterocycles. The van der Waals surface area contributed by atoms with E-state index in [2.05, 4.69) is 4.83 Å². The Bertz CT molecular complexity index is 649. The first-order chi connectivity index (χ1) is 8.47. The third-order valence-corrected chi connectivity index (χ3v) is 3.73. The molecule has 4 nitrogen and oxygen atoms in total. The number of aryl methyl sites for hydroxylation is 2. The molecule has 94 valence electrons. The van der Waals surface area contributed by atoms with Gasteiger partial charge < -0.3 is 4.83 Å². The SMILES string of the molecule is Cc1ccc(S(=O)(=O)[N-][n+]2cccc(C)c2)cc1. The van der Waals surface area contributed by atoms with Crippen LogP contribution in [0.3, 0.4) is 0 Å². The Kier molecular flexibility index (Phi) is 3.34. The maximum absolute atomic E-state index is 12.0. The van der Waals surface area contributed by atoms with E-state index in [0.717, 1.165) is 11.1 Å². The van der Waals surface area contributed by atoms with Gasteiger partial charge in [0.1, 0.15) is 0 Å². The van der Waals surface area contributed by atoms with Crippen molar-refractivity contribution >= 4 is 10.0 Å². The zero-order valence-electron chi connectivity index (χ0n) is 10.2. The van der Waals surface area contributed by atoms with Crippen molar-refractivity contribution in [1.29, 1.82) is 0 Å². The third kappa shape index (κ3) is 2.87. The number of hydrogen-bond acceptors (Lipinski definition) is 2. The molecular formula is C13H14N2O2S. The van der Waals surface area contributed by atoms with Gasteiger partial charge in [-0.15, -0.1) is 0 Å². The minimum atomic E-state index is -3.66. The first-order valence-electron chi connectivity index (χ1n) is 5.50. The minimum absolute atomic E-state index is 0.196. The summed E-state index contributed by atoms with van der Waals surface area (Å²) in [4.78, 5) is 3.94. The van der Waals surface area contributed by atoms with Gasteiger partial charge in [-0.1, -0.05) is 17.7 Å². The van der Waals surface area contributed by atoms with Gasteiger partial charge in [-0.3, -0.25) is 0 Å². The molecule has 0 N–H and O–H groups in total. The van der Waals surface area contributed by atoms with Crippen molar-refractivity contribution < 1.29 is 13.1 Å². The van der Waals surface area contributed by atoms with Gasteiger partial charge in [0.25, 0.3) is 0 Å². The maximum atomic E-state index is 12.0. The zero-order valence-corrected chi connectivity index (χ0v) is 11.1. The number of benzene rings is 1. The van der Waals surface area contributed by atoms with Crippen LogP contribution in [0.15, 0.2) is 53.7 Å². The second-order valence-electron chi connectivity index (χ2n) is 4.13. The molecule has 2 rings (SSSR count). The topological polar surface area (TPSA) is 52.1 Å². The fourth-order valence-corrected chi connectivity index (χ4v) is 2.43. The minimum Gasteiger partial charge on any atom is -0.318 e. The Morgan fingerprint density at radius 3 is 2.28 bits per heavy atom. The number of hydrogen-bond donors (Lipinski definition) is 0. The van der Waals surface area contributed by atoms with Gasteiger partial charge in [0.2, 0.25) is 0 Å². The molecule has 0 aliphatic heterocycles. The molecule has 0 fully saturated rings. The molecule has 0 bridgehead atoms. The van der Waals surface area contributed by atoms with Gasteiger partial charge in [-0.2, -0.15) is 0 Å². The van der Waals surface area contributed by atoms with Crippen molar-refractivity contribution in [2.24, 2.45) is 0 Å². The van der Waals surface area contributed by atoms with Crippen LogP contribution in [0.25, 0.3) is 4.83 Å². The molecule has 1 aromatic heterocycles. The van der Waals surface area contributed by atoms with Gasteiger partial charge in [0.05, 0.1) is 4.90 Å². The number of nitrogens with zero attached hydrogens (tertiary/aromatic N) is 2. The average molecular weight is 262 g/mol. The van der Waals surface area contributed by atoms with E-state index in [0.29, 0.717) is 0 Å². The fraction of sp³-hybridized carbons (Fsp3) is 0.154. The smallest absolute Gasteiger partial charge is 0.168 e. The van der Waals surface area contributed by atoms with Crippen molar-refractivity contribution in [3.63, 3.8) is 0 Å². The molecule has 0 unspecified atom stereocenters. The van der Waals surface area contributed by atoms with E-state index in [1.165, 1.54) is 4.68 Å². The predicted molar refractivity (Wildman–Crippen MR) is 68.5 cm³/mol. The number of pyridine rings is 1. The zero-order chi connectivity index (χ0) is 13.2. The van der Waals surface area contributed by atoms with Crippen LogP contribution < -0.4 is 4.68 Å². The van der Waals surface area contributed by atoms with Gasteiger partial charge in [-0.25, -0.2) is 13.1 Å². The molecule has 0 amide bonds. The molecule has 0 aliphatic rings. The van der Waals surface area contributed by atoms with Crippen LogP contribution >= 0.6 is 0 Å². The Hall–Kier alpha value is -1.88. The van der Waals surface area contributed by atoms with Gasteiger partial charge >= 0.3 is 0 Å². The predicted octanol–water partition coefficient (Wildman–Crippen LogP) is 2.12. The van der Waals surface area contributed by atoms with E-state index in [1.54, 1.807) is 42.7 Å². The number of sulfonamides is 1. The Morgan fingerprint density at radius 2 is 1.67 bits per heavy atom. The highest BCUT2D eigenvalue weighted by molar-refractivity contribution is 7.93. The Balaban J connectivity index is 2.30. The Morgan fingerprint density at radius 1 is 1.00 bits per heavy atom. The highest BCUT2D eigenvalue weighted by Crippen LogP contribution is 2.15. The van der Waals surface area contributed by atoms with E-state index in [9.17, 15) is 8.42 Å². The van der Waals surface area contributed by atoms with Crippen LogP contribution in [-0.4, -0.2) is 8.42 Å². The lowest BCUT2D eigenvalue weighted by atomic mass is 10.2. The van der Waals surface area contributed by atoms with Crippen LogP contribution in [0.4, 0.5) is 0 Å². The summed E-state index contributed by atoms with van der Waals surface area (Å²) in [6.45, 7) is 3.79. The van der Waals surface area contributed by atoms with Crippen LogP contribution in [0.2, 0.25) is 0 Å². The largest absolute Gasteiger partial charge is 0.318 e. The molecular weight excluding hydrogens is 248 g/mol. The highest BCUT2D eigenvalue weighted by atomic mass is 32.2. The van der Waals surface area contributed by atoms with Crippen LogP contribution in [0.5, 0.6) is 0 Å². The lowest BCUT2D eigenvalue weighted by molar-refractivity contribution is -0.614. The van der Waals surface area contributed by atoms with E-state index >= 15 is 0 Å². The van der Waals surface area contributed by atoms with Gasteiger partial charge in [0.15, 0.2) is 22.4 Å². The molecule has 5 heteroatoms. The van der Waals surface area contributed by atoms with E-state index < -0.39 is 10.0 Å². The van der Waals surface area contributed by atoms with Crippen LogP contribution in [0, 0.1) is 13.8 Å². The summed E-state index contributed by atoms with van der Waals surface area (Å²) >= 11 is 0. The van der Waals surface area contributed by atoms with Crippen molar-refractivity contribution in [1.82, 2.24) is 0 Å². The van der Waals surface area contributed by atoms with Crippen LogP contribution in [-0.2, 0) is 10.0 Å². The lowest BCUT2D eigenvalue weighted by Crippen LogP contribution is -2.31. The highest BCUT2D eigenvalue weighted by Gasteiger charge is 2.08. The molecule has 0 aliphatic carbocycles. The van der Waals surface area contributed by atoms with Crippen LogP contribution in [0.1, 0.15) is 11.1 Å². The summed E-state index contributed by atoms with van der Waals surface area (Å²) in [6.07, 6.45) is 3.25. The van der Waals surface area contributed by atoms with E-state index in [1.807, 2.05) is 19.9 Å². The average Bonchev–Trinajstić information content (AvgIpc) is 2.29. The molecule has 0 atom stereocenters. The van der Waals surface area contributed by atoms with Gasteiger partial charge in [-0.05, 0) is 32.0 Å². The summed E-state index contributed by atoms with van der Waals surface area (Å²) in [6, 6.07) is 10.3. The lowest BCUT2D eigenvalue weighted by Gasteiger charge is -2.14. The molecule has 2 aromatic rings. The van der Waals surface area contributed by atoms with E-state index in [4.69, 9.17) is 0 Å². The fourth-order valence-electron chi connectivity index (χ4n) is 1.51. The molecule has 0 saturated heterocycles. The van der Waals surface area contributed by atoms with Crippen molar-refractivity contribution in [3.8, 4) is 0 Å². The van der Waals surface area contributed by atoms with Crippen molar-refractivity contribution in [2.45, 2.75) is 18.7 Å². The summed E-state index contributed by atoms with van der Waals surface area (Å²) in [5, 5.41) is 0. The summed E-state index contributed by atoms with van der Waals surface area (Å²) in [5.41, 5.74) is 1.96. The van der Waals surface area contributed by atoms with E-state index in [-0.39, 0.29) is 4.90 Å². The third-order valence-electron chi connectivity index (χ3n) is 2.45. The number of rotatable bonds is 3. The summed E-state index contributed by atoms with van der Waals surface area (Å²) in [5.74, 6) is 0. The van der Waals surface area contributed by atoms with Crippen molar-refractivity contribution in [2.75, 3.05) is 0 Å². The Labute approximate surface area is 107 Å². The van der Waals surface area contributed by atoms with Gasteiger partial charge in [0, 0.05) is 11.6 Å². The van der Waals surface area contributed by atoms with Crippen molar-refractivity contribution in [3.05, 3.63) is 64.7 Å². The first kappa shape index (κ1) is 12.6. The summed E-state index contributed by atoms with van der Waals surface area (Å²) in [7, 11) is -3.66. The normalized spacial score (nSPS) is 11.2. The maximum Gasteiger partial charge on any atom is 0.168 e. The first-order valence-corrected chi connectivity index (χ1v) is 6.94. The second kappa shape index (κ2) is 4.78. The molecule has 0 saturated carbocycles. The summed E-state index contributed by atoms with van der Waals surface area (Å²) < 4.78 is 25.4. The quantitative estimate of drug-likeness (QED) is 0.795. The second-order valence-corrected chi connectivity index (χ2v) is 5.72. The number of aromatic nitrogens is 1. The molecule has 1 aromatic carbocycles. The molecule has 0 radical (unpaired) electrons.